The van der Waals surface area contributed by atoms with Gasteiger partial charge in [0.15, 0.2) is 17.0 Å². The van der Waals surface area contributed by atoms with Gasteiger partial charge in [-0.15, -0.1) is 0 Å². The summed E-state index contributed by atoms with van der Waals surface area (Å²) in [7, 11) is 4.04. The van der Waals surface area contributed by atoms with Gasteiger partial charge in [0.1, 0.15) is 6.07 Å². The third-order valence-electron chi connectivity index (χ3n) is 9.51. The fourth-order valence-corrected chi connectivity index (χ4v) is 6.68. The highest BCUT2D eigenvalue weighted by atomic mass is 19.4. The standard InChI is InChI=1S/C31H42N10O.C2HF3O2/c1-37-16-18-40(19-17-37)25-12-14-39(15-13-25)21-23-8-10-24(11-9-23)31(42)41(26-6-4-3-5-7-26)36-29-28-30(38(2)22-33-28)35-27(20-32)34-29;3-2(4,5)1(6)7/h8-11,22,25-26H,3-7,12-19,21H2,1-2H3,(H,34,35,36);(H,6,7). The molecule has 49 heavy (non-hydrogen) atoms. The molecule has 13 nitrogen and oxygen atoms in total. The minimum absolute atomic E-state index is 0.0341. The Balaban J connectivity index is 0.000000606. The van der Waals surface area contributed by atoms with E-state index in [-0.39, 0.29) is 17.8 Å². The highest BCUT2D eigenvalue weighted by Gasteiger charge is 2.38. The van der Waals surface area contributed by atoms with Gasteiger partial charge in [-0.05, 0) is 63.5 Å². The van der Waals surface area contributed by atoms with Crippen molar-refractivity contribution in [3.8, 4) is 6.07 Å². The van der Waals surface area contributed by atoms with Crippen LogP contribution in [-0.4, -0.2) is 121 Å². The zero-order valence-corrected chi connectivity index (χ0v) is 27.9. The summed E-state index contributed by atoms with van der Waals surface area (Å²) in [5.74, 6) is -2.43. The molecule has 4 heterocycles. The number of aliphatic carboxylic acids is 1. The van der Waals surface area contributed by atoms with Gasteiger partial charge in [0.05, 0.1) is 12.4 Å². The summed E-state index contributed by atoms with van der Waals surface area (Å²) < 4.78 is 33.5. The molecule has 1 aromatic carbocycles. The second kappa shape index (κ2) is 15.9. The lowest BCUT2D eigenvalue weighted by atomic mass is 9.94. The SMILES string of the molecule is CN1CCN(C2CCN(Cc3ccc(C(=O)N(Nc4nc(C#N)nc5c4ncn5C)C4CCCCC4)cc3)CC2)CC1.O=C(O)C(F)(F)F. The number of alkyl halides is 3. The first-order chi connectivity index (χ1) is 23.4. The van der Waals surface area contributed by atoms with Crippen molar-refractivity contribution in [2.45, 2.75) is 69.8 Å². The van der Waals surface area contributed by atoms with Gasteiger partial charge in [-0.1, -0.05) is 31.4 Å². The molecule has 2 aromatic heterocycles. The van der Waals surface area contributed by atoms with Crippen molar-refractivity contribution in [3.63, 3.8) is 0 Å². The predicted octanol–water partition coefficient (Wildman–Crippen LogP) is 3.88. The Morgan fingerprint density at radius 3 is 2.20 bits per heavy atom. The third-order valence-corrected chi connectivity index (χ3v) is 9.51. The van der Waals surface area contributed by atoms with Gasteiger partial charge in [-0.3, -0.25) is 20.0 Å². The monoisotopic (exact) mass is 684 g/mol. The molecular formula is C33H43F3N10O3. The van der Waals surface area contributed by atoms with Crippen LogP contribution in [0.15, 0.2) is 30.6 Å². The van der Waals surface area contributed by atoms with E-state index in [4.69, 9.17) is 9.90 Å². The summed E-state index contributed by atoms with van der Waals surface area (Å²) in [6.07, 6.45) is 4.18. The van der Waals surface area contributed by atoms with Crippen LogP contribution in [0.3, 0.4) is 0 Å². The lowest BCUT2D eigenvalue weighted by molar-refractivity contribution is -0.192. The molecule has 2 N–H and O–H groups in total. The largest absolute Gasteiger partial charge is 0.490 e. The van der Waals surface area contributed by atoms with E-state index < -0.39 is 12.1 Å². The number of carbonyl (C=O) groups excluding carboxylic acids is 1. The Morgan fingerprint density at radius 1 is 0.980 bits per heavy atom. The number of piperazine rings is 1. The van der Waals surface area contributed by atoms with Gasteiger partial charge >= 0.3 is 12.1 Å². The number of hydrogen-bond acceptors (Lipinski definition) is 10. The molecule has 0 radical (unpaired) electrons. The van der Waals surface area contributed by atoms with Crippen LogP contribution in [0.1, 0.15) is 66.7 Å². The number of nitriles is 1. The molecule has 6 rings (SSSR count). The molecule has 16 heteroatoms. The van der Waals surface area contributed by atoms with Crippen LogP contribution in [-0.2, 0) is 18.4 Å². The number of rotatable bonds is 7. The van der Waals surface area contributed by atoms with Gasteiger partial charge in [-0.2, -0.15) is 28.4 Å². The number of likely N-dealkylation sites (N-methyl/N-ethyl adjacent to an activating group) is 1. The van der Waals surface area contributed by atoms with Crippen LogP contribution in [0, 0.1) is 11.3 Å². The Kier molecular flexibility index (Phi) is 11.7. The van der Waals surface area contributed by atoms with E-state index in [2.05, 4.69) is 54.3 Å². The molecule has 2 aliphatic heterocycles. The smallest absolute Gasteiger partial charge is 0.475 e. The number of hydrogen-bond donors (Lipinski definition) is 2. The van der Waals surface area contributed by atoms with E-state index in [0.717, 1.165) is 45.3 Å². The van der Waals surface area contributed by atoms with Crippen molar-refractivity contribution in [1.82, 2.24) is 39.2 Å². The number of aromatic nitrogens is 4. The average molecular weight is 685 g/mol. The van der Waals surface area contributed by atoms with Crippen LogP contribution in [0.2, 0.25) is 0 Å². The summed E-state index contributed by atoms with van der Waals surface area (Å²) in [6.45, 7) is 7.86. The van der Waals surface area contributed by atoms with Crippen LogP contribution in [0.5, 0.6) is 0 Å². The zero-order valence-electron chi connectivity index (χ0n) is 27.9. The molecule has 3 aromatic rings. The van der Waals surface area contributed by atoms with Crippen LogP contribution >= 0.6 is 0 Å². The molecule has 1 aliphatic carbocycles. The molecule has 3 fully saturated rings. The lowest BCUT2D eigenvalue weighted by Gasteiger charge is -2.42. The van der Waals surface area contributed by atoms with Gasteiger partial charge in [0.2, 0.25) is 5.82 Å². The average Bonchev–Trinajstić information content (AvgIpc) is 3.48. The maximum atomic E-state index is 14.0. The second-order valence-electron chi connectivity index (χ2n) is 13.0. The number of hydrazine groups is 1. The van der Waals surface area contributed by atoms with E-state index in [1.807, 2.05) is 25.2 Å². The van der Waals surface area contributed by atoms with E-state index >= 15 is 0 Å². The molecule has 3 aliphatic rings. The van der Waals surface area contributed by atoms with Crippen molar-refractivity contribution in [1.29, 1.82) is 5.26 Å². The first-order valence-corrected chi connectivity index (χ1v) is 16.7. The first-order valence-electron chi connectivity index (χ1n) is 16.7. The van der Waals surface area contributed by atoms with Crippen molar-refractivity contribution in [2.75, 3.05) is 51.7 Å². The third kappa shape index (κ3) is 9.22. The Labute approximate surface area is 283 Å². The summed E-state index contributed by atoms with van der Waals surface area (Å²) >= 11 is 0. The molecule has 1 amide bonds. The summed E-state index contributed by atoms with van der Waals surface area (Å²) in [6, 6.07) is 10.9. The number of carboxylic acid groups (broad SMARTS) is 1. The Bertz CT molecular complexity index is 1620. The van der Waals surface area contributed by atoms with Crippen LogP contribution in [0.4, 0.5) is 19.0 Å². The number of benzene rings is 1. The van der Waals surface area contributed by atoms with Gasteiger partial charge < -0.3 is 14.6 Å². The molecule has 0 atom stereocenters. The van der Waals surface area contributed by atoms with Gasteiger partial charge in [0, 0.05) is 51.4 Å². The number of nitrogens with zero attached hydrogens (tertiary/aromatic N) is 9. The van der Waals surface area contributed by atoms with Gasteiger partial charge in [0.25, 0.3) is 5.91 Å². The summed E-state index contributed by atoms with van der Waals surface area (Å²) in [5, 5.41) is 18.4. The lowest BCUT2D eigenvalue weighted by Crippen LogP contribution is -2.52. The number of likely N-dealkylation sites (tertiary alicyclic amines) is 1. The predicted molar refractivity (Wildman–Crippen MR) is 175 cm³/mol. The minimum atomic E-state index is -5.08. The van der Waals surface area contributed by atoms with Crippen molar-refractivity contribution < 1.29 is 27.9 Å². The number of fused-ring (bicyclic) bond motifs is 1. The Hall–Kier alpha value is -4.33. The fraction of sp³-hybridized carbons (Fsp3) is 0.576. The molecule has 0 spiro atoms. The van der Waals surface area contributed by atoms with E-state index in [0.29, 0.717) is 28.6 Å². The van der Waals surface area contributed by atoms with Crippen molar-refractivity contribution in [2.24, 2.45) is 7.05 Å². The fourth-order valence-electron chi connectivity index (χ4n) is 6.68. The van der Waals surface area contributed by atoms with E-state index in [9.17, 15) is 23.2 Å². The Morgan fingerprint density at radius 2 is 1.61 bits per heavy atom. The maximum Gasteiger partial charge on any atom is 0.490 e. The van der Waals surface area contributed by atoms with Crippen LogP contribution in [0.25, 0.3) is 11.2 Å². The highest BCUT2D eigenvalue weighted by molar-refractivity contribution is 5.96. The number of halogens is 3. The number of piperidine rings is 1. The van der Waals surface area contributed by atoms with E-state index in [1.165, 1.54) is 51.0 Å². The molecular weight excluding hydrogens is 641 g/mol. The molecule has 1 saturated carbocycles. The first kappa shape index (κ1) is 36.0. The molecule has 264 valence electrons. The number of aryl methyl sites for hydroxylation is 1. The second-order valence-corrected chi connectivity index (χ2v) is 13.0. The van der Waals surface area contributed by atoms with Crippen LogP contribution < -0.4 is 5.43 Å². The normalized spacial score (nSPS) is 18.8. The minimum Gasteiger partial charge on any atom is -0.475 e. The maximum absolute atomic E-state index is 14.0. The highest BCUT2D eigenvalue weighted by Crippen LogP contribution is 2.27. The zero-order chi connectivity index (χ0) is 35.1. The van der Waals surface area contributed by atoms with Gasteiger partial charge in [-0.25, -0.2) is 14.8 Å². The number of nitrogens with one attached hydrogen (secondary N) is 1. The quantitative estimate of drug-likeness (QED) is 0.350. The topological polar surface area (TPSA) is 147 Å². The molecule has 0 bridgehead atoms. The number of amides is 1. The number of carboxylic acids is 1. The summed E-state index contributed by atoms with van der Waals surface area (Å²) in [4.78, 5) is 43.6. The van der Waals surface area contributed by atoms with E-state index in [1.54, 1.807) is 15.9 Å². The number of carbonyl (C=O) groups is 2. The van der Waals surface area contributed by atoms with Crippen molar-refractivity contribution in [3.05, 3.63) is 47.5 Å². The molecule has 2 saturated heterocycles. The number of imidazole rings is 1. The number of anilines is 1. The molecule has 0 unspecified atom stereocenters. The summed E-state index contributed by atoms with van der Waals surface area (Å²) in [5.41, 5.74) is 6.24. The van der Waals surface area contributed by atoms with Crippen molar-refractivity contribution >= 4 is 28.9 Å².